The van der Waals surface area contributed by atoms with Crippen LogP contribution < -0.4 is 19.6 Å². The molecular formula is C40H34ClFN9O+. The van der Waals surface area contributed by atoms with Crippen LogP contribution in [0.3, 0.4) is 0 Å². The van der Waals surface area contributed by atoms with E-state index in [1.165, 1.54) is 12.1 Å². The van der Waals surface area contributed by atoms with Gasteiger partial charge in [-0.2, -0.15) is 4.48 Å². The van der Waals surface area contributed by atoms with Crippen LogP contribution in [0.2, 0.25) is 5.02 Å². The SMILES string of the molecule is CN(C)c1nnc(-c2ccc([N+]3(c4ccc(F)cc4)C=CNC3=Cc3ccc(-c4cnc5cnc(CN(C)c6ccc(Cl)cc6)cn45)cc3)cc2)o1. The first-order chi connectivity index (χ1) is 25.3. The molecule has 0 fully saturated rings. The van der Waals surface area contributed by atoms with E-state index in [0.717, 1.165) is 56.6 Å². The third-order valence-corrected chi connectivity index (χ3v) is 9.34. The predicted molar refractivity (Wildman–Crippen MR) is 204 cm³/mol. The second kappa shape index (κ2) is 13.4. The molecule has 0 spiro atoms. The van der Waals surface area contributed by atoms with Gasteiger partial charge in [-0.15, -0.1) is 5.10 Å². The number of nitrogens with one attached hydrogen (secondary N) is 1. The van der Waals surface area contributed by atoms with Crippen LogP contribution in [0.25, 0.3) is 34.4 Å². The van der Waals surface area contributed by atoms with Gasteiger partial charge in [-0.25, -0.2) is 9.37 Å². The number of aromatic nitrogens is 5. The van der Waals surface area contributed by atoms with Crippen molar-refractivity contribution >= 4 is 46.4 Å². The fourth-order valence-corrected chi connectivity index (χ4v) is 6.48. The highest BCUT2D eigenvalue weighted by Crippen LogP contribution is 2.43. The minimum Gasteiger partial charge on any atom is -0.403 e. The average molecular weight is 711 g/mol. The van der Waals surface area contributed by atoms with E-state index in [1.54, 1.807) is 23.2 Å². The largest absolute Gasteiger partial charge is 0.403 e. The first-order valence-corrected chi connectivity index (χ1v) is 17.0. The Bertz CT molecular complexity index is 2420. The minimum atomic E-state index is -0.300. The first kappa shape index (κ1) is 32.9. The van der Waals surface area contributed by atoms with Crippen molar-refractivity contribution in [3.05, 3.63) is 156 Å². The molecule has 1 N–H and O–H groups in total. The van der Waals surface area contributed by atoms with Gasteiger partial charge >= 0.3 is 6.01 Å². The standard InChI is InChI=1S/C40H34ClFN9O/c1-48(2)40-47-46-39(52-40)29-8-16-34(17-9-29)51(35-18-12-31(42)13-19-35)21-20-43-38(51)22-27-4-6-28(7-5-27)36-23-45-37-24-44-32(26-50(36)37)25-49(3)33-14-10-30(41)11-15-33/h4-24,26,43H,25H2,1-3H3/q+1. The summed E-state index contributed by atoms with van der Waals surface area (Å²) >= 11 is 6.09. The summed E-state index contributed by atoms with van der Waals surface area (Å²) in [6, 6.07) is 31.1. The number of imidazole rings is 1. The molecule has 1 unspecified atom stereocenters. The van der Waals surface area contributed by atoms with E-state index in [0.29, 0.717) is 23.5 Å². The molecule has 0 radical (unpaired) electrons. The lowest BCUT2D eigenvalue weighted by molar-refractivity contribution is 0.566. The lowest BCUT2D eigenvalue weighted by atomic mass is 10.1. The van der Waals surface area contributed by atoms with Crippen LogP contribution in [0.15, 0.2) is 138 Å². The molecule has 7 aromatic rings. The van der Waals surface area contributed by atoms with Gasteiger partial charge in [-0.05, 0) is 54.1 Å². The molecule has 0 bridgehead atoms. The van der Waals surface area contributed by atoms with Crippen LogP contribution in [0, 0.1) is 5.82 Å². The van der Waals surface area contributed by atoms with E-state index in [9.17, 15) is 4.39 Å². The smallest absolute Gasteiger partial charge is 0.317 e. The van der Waals surface area contributed by atoms with Crippen molar-refractivity contribution in [3.63, 3.8) is 0 Å². The average Bonchev–Trinajstić information content (AvgIpc) is 3.92. The number of quaternary nitrogens is 1. The Morgan fingerprint density at radius 3 is 2.21 bits per heavy atom. The van der Waals surface area contributed by atoms with Crippen LogP contribution in [-0.2, 0) is 6.54 Å². The topological polar surface area (TPSA) is 87.6 Å². The fourth-order valence-electron chi connectivity index (χ4n) is 6.35. The van der Waals surface area contributed by atoms with Gasteiger partial charge in [0.05, 0.1) is 36.5 Å². The van der Waals surface area contributed by atoms with Crippen molar-refractivity contribution in [1.29, 1.82) is 0 Å². The monoisotopic (exact) mass is 710 g/mol. The summed E-state index contributed by atoms with van der Waals surface area (Å²) < 4.78 is 22.3. The quantitative estimate of drug-likeness (QED) is 0.149. The highest BCUT2D eigenvalue weighted by molar-refractivity contribution is 6.30. The molecule has 0 aliphatic carbocycles. The summed E-state index contributed by atoms with van der Waals surface area (Å²) in [4.78, 5) is 13.2. The Morgan fingerprint density at radius 2 is 1.52 bits per heavy atom. The van der Waals surface area contributed by atoms with E-state index in [-0.39, 0.29) is 10.3 Å². The Labute approximate surface area is 305 Å². The molecule has 1 aliphatic rings. The van der Waals surface area contributed by atoms with Gasteiger partial charge in [0.15, 0.2) is 5.65 Å². The Balaban J connectivity index is 1.10. The van der Waals surface area contributed by atoms with Gasteiger partial charge in [-0.1, -0.05) is 41.0 Å². The zero-order valence-corrected chi connectivity index (χ0v) is 29.4. The molecule has 4 aromatic carbocycles. The normalized spacial score (nSPS) is 16.1. The van der Waals surface area contributed by atoms with Crippen molar-refractivity contribution in [2.24, 2.45) is 0 Å². The first-order valence-electron chi connectivity index (χ1n) is 16.6. The van der Waals surface area contributed by atoms with Crippen molar-refractivity contribution in [2.75, 3.05) is 30.9 Å². The number of rotatable bonds is 9. The van der Waals surface area contributed by atoms with Crippen LogP contribution in [-0.4, -0.2) is 45.7 Å². The van der Waals surface area contributed by atoms with Gasteiger partial charge in [-0.3, -0.25) is 9.38 Å². The summed E-state index contributed by atoms with van der Waals surface area (Å²) in [6.45, 7) is 0.619. The maximum absolute atomic E-state index is 14.2. The summed E-state index contributed by atoms with van der Waals surface area (Å²) in [5, 5.41) is 12.5. The molecule has 10 nitrogen and oxygen atoms in total. The second-order valence-electron chi connectivity index (χ2n) is 12.7. The predicted octanol–water partition coefficient (Wildman–Crippen LogP) is 8.65. The molecule has 258 valence electrons. The molecule has 0 saturated carbocycles. The Hall–Kier alpha value is -6.30. The summed E-state index contributed by atoms with van der Waals surface area (Å²) in [5.41, 5.74) is 8.28. The van der Waals surface area contributed by atoms with E-state index in [4.69, 9.17) is 16.0 Å². The maximum atomic E-state index is 14.2. The van der Waals surface area contributed by atoms with Crippen molar-refractivity contribution in [2.45, 2.75) is 6.54 Å². The van der Waals surface area contributed by atoms with Gasteiger partial charge in [0.25, 0.3) is 0 Å². The van der Waals surface area contributed by atoms with Crippen molar-refractivity contribution < 1.29 is 8.81 Å². The Kier molecular flexibility index (Phi) is 8.50. The zero-order valence-electron chi connectivity index (χ0n) is 28.7. The highest BCUT2D eigenvalue weighted by atomic mass is 35.5. The molecule has 12 heteroatoms. The lowest BCUT2D eigenvalue weighted by Crippen LogP contribution is -2.37. The number of nitrogens with zero attached hydrogens (tertiary/aromatic N) is 8. The number of fused-ring (bicyclic) bond motifs is 1. The third-order valence-electron chi connectivity index (χ3n) is 9.09. The third kappa shape index (κ3) is 6.16. The fraction of sp³-hybridized carbons (Fsp3) is 0.100. The molecule has 4 heterocycles. The van der Waals surface area contributed by atoms with Crippen LogP contribution in [0.1, 0.15) is 11.3 Å². The van der Waals surface area contributed by atoms with Gasteiger partial charge in [0.1, 0.15) is 23.4 Å². The number of benzene rings is 4. The molecule has 0 amide bonds. The summed E-state index contributed by atoms with van der Waals surface area (Å²) in [6.07, 6.45) is 11.8. The second-order valence-corrected chi connectivity index (χ2v) is 13.2. The highest BCUT2D eigenvalue weighted by Gasteiger charge is 2.40. The van der Waals surface area contributed by atoms with Crippen LogP contribution in [0.4, 0.5) is 27.5 Å². The summed E-state index contributed by atoms with van der Waals surface area (Å²) in [5.74, 6) is 1.000. The molecule has 52 heavy (non-hydrogen) atoms. The molecule has 8 rings (SSSR count). The van der Waals surface area contributed by atoms with Crippen LogP contribution in [0.5, 0.6) is 0 Å². The van der Waals surface area contributed by atoms with Gasteiger partial charge in [0, 0.05) is 79.5 Å². The van der Waals surface area contributed by atoms with Crippen LogP contribution >= 0.6 is 11.6 Å². The van der Waals surface area contributed by atoms with E-state index in [2.05, 4.69) is 65.1 Å². The molecular weight excluding hydrogens is 677 g/mol. The number of halogens is 2. The Morgan fingerprint density at radius 1 is 0.827 bits per heavy atom. The maximum Gasteiger partial charge on any atom is 0.317 e. The molecule has 0 saturated heterocycles. The van der Waals surface area contributed by atoms with E-state index < -0.39 is 0 Å². The van der Waals surface area contributed by atoms with E-state index >= 15 is 0 Å². The molecule has 1 atom stereocenters. The lowest BCUT2D eigenvalue weighted by Gasteiger charge is -2.31. The van der Waals surface area contributed by atoms with Crippen molar-refractivity contribution in [3.8, 4) is 22.7 Å². The molecule has 3 aromatic heterocycles. The number of hydrogen-bond acceptors (Lipinski definition) is 8. The van der Waals surface area contributed by atoms with E-state index in [1.807, 2.05) is 94.5 Å². The zero-order chi connectivity index (χ0) is 35.8. The number of anilines is 2. The van der Waals surface area contributed by atoms with Gasteiger partial charge in [0.2, 0.25) is 11.7 Å². The molecule has 1 aliphatic heterocycles. The minimum absolute atomic E-state index is 0.211. The number of hydrogen-bond donors (Lipinski definition) is 1. The van der Waals surface area contributed by atoms with Crippen molar-refractivity contribution in [1.82, 2.24) is 34.4 Å². The van der Waals surface area contributed by atoms with Gasteiger partial charge < -0.3 is 19.5 Å². The summed E-state index contributed by atoms with van der Waals surface area (Å²) in [7, 11) is 5.73.